The summed E-state index contributed by atoms with van der Waals surface area (Å²) < 4.78 is 25.4. The van der Waals surface area contributed by atoms with Crippen molar-refractivity contribution in [3.63, 3.8) is 0 Å². The minimum atomic E-state index is -2.74. The SMILES string of the molecule is O=C(O)C1CCCCN1C(=O)C1CC(F)(F)C1. The first-order chi connectivity index (χ1) is 7.91. The molecule has 4 nitrogen and oxygen atoms in total. The van der Waals surface area contributed by atoms with E-state index in [2.05, 4.69) is 0 Å². The first kappa shape index (κ1) is 12.3. The van der Waals surface area contributed by atoms with Gasteiger partial charge in [0.05, 0.1) is 0 Å². The fourth-order valence-electron chi connectivity index (χ4n) is 2.52. The zero-order chi connectivity index (χ0) is 12.6. The highest BCUT2D eigenvalue weighted by Gasteiger charge is 2.51. The summed E-state index contributed by atoms with van der Waals surface area (Å²) in [5.41, 5.74) is 0. The van der Waals surface area contributed by atoms with Gasteiger partial charge in [0.25, 0.3) is 0 Å². The lowest BCUT2D eigenvalue weighted by Gasteiger charge is -2.40. The van der Waals surface area contributed by atoms with Crippen LogP contribution in [0.1, 0.15) is 32.1 Å². The zero-order valence-corrected chi connectivity index (χ0v) is 9.36. The summed E-state index contributed by atoms with van der Waals surface area (Å²) in [7, 11) is 0. The number of hydrogen-bond donors (Lipinski definition) is 1. The lowest BCUT2D eigenvalue weighted by molar-refractivity contribution is -0.167. The Labute approximate surface area is 97.6 Å². The van der Waals surface area contributed by atoms with E-state index in [9.17, 15) is 18.4 Å². The first-order valence-corrected chi connectivity index (χ1v) is 5.82. The second-order valence-corrected chi connectivity index (χ2v) is 4.84. The lowest BCUT2D eigenvalue weighted by Crippen LogP contribution is -2.54. The van der Waals surface area contributed by atoms with Gasteiger partial charge >= 0.3 is 5.97 Å². The molecule has 6 heteroatoms. The largest absolute Gasteiger partial charge is 0.480 e. The molecule has 0 aromatic heterocycles. The number of nitrogens with zero attached hydrogens (tertiary/aromatic N) is 1. The monoisotopic (exact) mass is 247 g/mol. The van der Waals surface area contributed by atoms with Gasteiger partial charge in [-0.05, 0) is 19.3 Å². The van der Waals surface area contributed by atoms with Gasteiger partial charge in [0, 0.05) is 25.3 Å². The number of halogens is 2. The molecule has 0 spiro atoms. The molecular weight excluding hydrogens is 232 g/mol. The van der Waals surface area contributed by atoms with Crippen LogP contribution >= 0.6 is 0 Å². The number of piperidine rings is 1. The van der Waals surface area contributed by atoms with Crippen molar-refractivity contribution < 1.29 is 23.5 Å². The van der Waals surface area contributed by atoms with Crippen molar-refractivity contribution in [2.45, 2.75) is 44.1 Å². The van der Waals surface area contributed by atoms with Crippen molar-refractivity contribution in [2.75, 3.05) is 6.54 Å². The normalized spacial score (nSPS) is 28.6. The maximum Gasteiger partial charge on any atom is 0.326 e. The predicted octanol–water partition coefficient (Wildman–Crippen LogP) is 1.50. The Bertz CT molecular complexity index is 338. The Balaban J connectivity index is 2.00. The van der Waals surface area contributed by atoms with Crippen LogP contribution in [0.4, 0.5) is 8.78 Å². The topological polar surface area (TPSA) is 57.6 Å². The van der Waals surface area contributed by atoms with E-state index < -0.39 is 42.6 Å². The number of rotatable bonds is 2. The second-order valence-electron chi connectivity index (χ2n) is 4.84. The number of amides is 1. The molecule has 1 unspecified atom stereocenters. The van der Waals surface area contributed by atoms with Crippen LogP contribution in [-0.4, -0.2) is 40.4 Å². The smallest absolute Gasteiger partial charge is 0.326 e. The van der Waals surface area contributed by atoms with Crippen LogP contribution in [0.2, 0.25) is 0 Å². The van der Waals surface area contributed by atoms with Gasteiger partial charge in [-0.1, -0.05) is 0 Å². The third-order valence-electron chi connectivity index (χ3n) is 3.51. The molecule has 1 saturated heterocycles. The van der Waals surface area contributed by atoms with Crippen LogP contribution in [0.3, 0.4) is 0 Å². The van der Waals surface area contributed by atoms with Gasteiger partial charge < -0.3 is 10.0 Å². The van der Waals surface area contributed by atoms with Gasteiger partial charge in [-0.15, -0.1) is 0 Å². The molecule has 1 N–H and O–H groups in total. The molecule has 2 fully saturated rings. The predicted molar refractivity (Wildman–Crippen MR) is 54.7 cm³/mol. The number of alkyl halides is 2. The fourth-order valence-corrected chi connectivity index (χ4v) is 2.52. The lowest BCUT2D eigenvalue weighted by atomic mass is 9.79. The van der Waals surface area contributed by atoms with Crippen molar-refractivity contribution in [2.24, 2.45) is 5.92 Å². The van der Waals surface area contributed by atoms with Gasteiger partial charge in [-0.2, -0.15) is 0 Å². The summed E-state index contributed by atoms with van der Waals surface area (Å²) in [5.74, 6) is -4.88. The molecule has 1 aliphatic heterocycles. The van der Waals surface area contributed by atoms with E-state index in [1.165, 1.54) is 4.90 Å². The molecule has 1 heterocycles. The Kier molecular flexibility index (Phi) is 3.05. The van der Waals surface area contributed by atoms with Crippen LogP contribution in [0.5, 0.6) is 0 Å². The van der Waals surface area contributed by atoms with Gasteiger partial charge in [0.15, 0.2) is 0 Å². The third-order valence-corrected chi connectivity index (χ3v) is 3.51. The third kappa shape index (κ3) is 2.40. The molecule has 0 aromatic carbocycles. The maximum atomic E-state index is 12.7. The Morgan fingerprint density at radius 2 is 1.88 bits per heavy atom. The average molecular weight is 247 g/mol. The van der Waals surface area contributed by atoms with E-state index >= 15 is 0 Å². The van der Waals surface area contributed by atoms with E-state index in [4.69, 9.17) is 5.11 Å². The Morgan fingerprint density at radius 1 is 1.24 bits per heavy atom. The summed E-state index contributed by atoms with van der Waals surface area (Å²) in [6.07, 6.45) is 1.06. The summed E-state index contributed by atoms with van der Waals surface area (Å²) >= 11 is 0. The summed E-state index contributed by atoms with van der Waals surface area (Å²) in [6, 6.07) is -0.828. The standard InChI is InChI=1S/C11H15F2NO3/c12-11(13)5-7(6-11)9(15)14-4-2-1-3-8(14)10(16)17/h7-8H,1-6H2,(H,16,17). The number of carbonyl (C=O) groups excluding carboxylic acids is 1. The quantitative estimate of drug-likeness (QED) is 0.804. The summed E-state index contributed by atoms with van der Waals surface area (Å²) in [4.78, 5) is 24.2. The number of carbonyl (C=O) groups is 2. The average Bonchev–Trinajstić information content (AvgIpc) is 2.24. The molecule has 2 aliphatic rings. The Morgan fingerprint density at radius 3 is 2.41 bits per heavy atom. The first-order valence-electron chi connectivity index (χ1n) is 5.82. The van der Waals surface area contributed by atoms with E-state index in [0.29, 0.717) is 13.0 Å². The van der Waals surface area contributed by atoms with Crippen molar-refractivity contribution in [3.05, 3.63) is 0 Å². The van der Waals surface area contributed by atoms with Crippen LogP contribution < -0.4 is 0 Å². The number of likely N-dealkylation sites (tertiary alicyclic amines) is 1. The van der Waals surface area contributed by atoms with Gasteiger partial charge in [-0.25, -0.2) is 13.6 Å². The van der Waals surface area contributed by atoms with Crippen molar-refractivity contribution in [3.8, 4) is 0 Å². The molecule has 0 bridgehead atoms. The fraction of sp³-hybridized carbons (Fsp3) is 0.818. The van der Waals surface area contributed by atoms with Crippen molar-refractivity contribution in [1.82, 2.24) is 4.90 Å². The number of hydrogen-bond acceptors (Lipinski definition) is 2. The van der Waals surface area contributed by atoms with Gasteiger partial charge in [0.1, 0.15) is 6.04 Å². The molecule has 1 saturated carbocycles. The Hall–Kier alpha value is -1.20. The van der Waals surface area contributed by atoms with Crippen molar-refractivity contribution in [1.29, 1.82) is 0 Å². The van der Waals surface area contributed by atoms with Crippen molar-refractivity contribution >= 4 is 11.9 Å². The van der Waals surface area contributed by atoms with Crippen LogP contribution in [-0.2, 0) is 9.59 Å². The molecule has 96 valence electrons. The van der Waals surface area contributed by atoms with Gasteiger partial charge in [-0.3, -0.25) is 4.79 Å². The highest BCUT2D eigenvalue weighted by Crippen LogP contribution is 2.43. The number of aliphatic carboxylic acids is 1. The molecule has 1 atom stereocenters. The minimum absolute atomic E-state index is 0.373. The molecular formula is C11H15F2NO3. The van der Waals surface area contributed by atoms with Gasteiger partial charge in [0.2, 0.25) is 11.8 Å². The molecule has 0 aromatic rings. The summed E-state index contributed by atoms with van der Waals surface area (Å²) in [5, 5.41) is 8.99. The van der Waals surface area contributed by atoms with Crippen LogP contribution in [0, 0.1) is 5.92 Å². The molecule has 2 rings (SSSR count). The van der Waals surface area contributed by atoms with E-state index in [-0.39, 0.29) is 0 Å². The second kappa shape index (κ2) is 4.23. The van der Waals surface area contributed by atoms with Crippen LogP contribution in [0.15, 0.2) is 0 Å². The highest BCUT2D eigenvalue weighted by atomic mass is 19.3. The number of carboxylic acid groups (broad SMARTS) is 1. The minimum Gasteiger partial charge on any atom is -0.480 e. The number of carboxylic acids is 1. The highest BCUT2D eigenvalue weighted by molar-refractivity contribution is 5.86. The maximum absolute atomic E-state index is 12.7. The van der Waals surface area contributed by atoms with E-state index in [0.717, 1.165) is 12.8 Å². The molecule has 1 aliphatic carbocycles. The van der Waals surface area contributed by atoms with E-state index in [1.807, 2.05) is 0 Å². The molecule has 17 heavy (non-hydrogen) atoms. The molecule has 0 radical (unpaired) electrons. The van der Waals surface area contributed by atoms with E-state index in [1.54, 1.807) is 0 Å². The zero-order valence-electron chi connectivity index (χ0n) is 9.36. The van der Waals surface area contributed by atoms with Crippen LogP contribution in [0.25, 0.3) is 0 Å². The molecule has 1 amide bonds. The summed E-state index contributed by atoms with van der Waals surface area (Å²) in [6.45, 7) is 0.373.